The molecule has 0 saturated carbocycles. The number of nitrogens with one attached hydrogen (secondary N) is 1. The fourth-order valence-corrected chi connectivity index (χ4v) is 5.44. The number of methoxy groups -OCH3 is 1. The van der Waals surface area contributed by atoms with Crippen LogP contribution in [0.3, 0.4) is 0 Å². The Morgan fingerprint density at radius 1 is 1.00 bits per heavy atom. The van der Waals surface area contributed by atoms with Gasteiger partial charge in [-0.05, 0) is 41.1 Å². The Bertz CT molecular complexity index is 1240. The van der Waals surface area contributed by atoms with Gasteiger partial charge >= 0.3 is 0 Å². The van der Waals surface area contributed by atoms with Crippen molar-refractivity contribution in [2.45, 2.75) is 4.90 Å². The molecule has 1 amide bonds. The molecule has 0 atom stereocenters. The van der Waals surface area contributed by atoms with Crippen LogP contribution in [0, 0.1) is 0 Å². The molecule has 9 heteroatoms. The van der Waals surface area contributed by atoms with Crippen LogP contribution in [0.2, 0.25) is 5.02 Å². The van der Waals surface area contributed by atoms with E-state index in [2.05, 4.69) is 5.32 Å². The lowest BCUT2D eigenvalue weighted by Crippen LogP contribution is -2.51. The molecule has 3 aromatic rings. The number of rotatable bonds is 6. The number of piperazine rings is 1. The van der Waals surface area contributed by atoms with Gasteiger partial charge in [-0.1, -0.05) is 41.9 Å². The minimum absolute atomic E-state index is 0.0973. The smallest absolute Gasteiger partial charge is 0.243 e. The van der Waals surface area contributed by atoms with E-state index in [1.54, 1.807) is 35.2 Å². The molecular formula is C23H24ClN3O4S. The maximum Gasteiger partial charge on any atom is 0.243 e. The van der Waals surface area contributed by atoms with Gasteiger partial charge in [0.15, 0.2) is 0 Å². The summed E-state index contributed by atoms with van der Waals surface area (Å²) in [4.78, 5) is 14.5. The molecule has 1 heterocycles. The normalized spacial score (nSPS) is 15.0. The minimum Gasteiger partial charge on any atom is -0.495 e. The second kappa shape index (κ2) is 9.36. The van der Waals surface area contributed by atoms with E-state index in [9.17, 15) is 13.2 Å². The van der Waals surface area contributed by atoms with Gasteiger partial charge < -0.3 is 15.0 Å². The Balaban J connectivity index is 1.35. The van der Waals surface area contributed by atoms with Gasteiger partial charge in [-0.25, -0.2) is 8.42 Å². The molecule has 0 aromatic heterocycles. The molecule has 1 N–H and O–H groups in total. The average Bonchev–Trinajstić information content (AvgIpc) is 2.82. The topological polar surface area (TPSA) is 79.0 Å². The first kappa shape index (κ1) is 22.4. The summed E-state index contributed by atoms with van der Waals surface area (Å²) >= 11 is 6.11. The molecule has 0 spiro atoms. The Morgan fingerprint density at radius 3 is 2.41 bits per heavy atom. The van der Waals surface area contributed by atoms with Gasteiger partial charge in [0.25, 0.3) is 0 Å². The van der Waals surface area contributed by atoms with Crippen LogP contribution in [0.1, 0.15) is 0 Å². The van der Waals surface area contributed by atoms with Gasteiger partial charge in [0, 0.05) is 31.9 Å². The van der Waals surface area contributed by atoms with Crippen LogP contribution in [-0.4, -0.2) is 63.4 Å². The molecule has 0 radical (unpaired) electrons. The van der Waals surface area contributed by atoms with Crippen LogP contribution in [0.15, 0.2) is 65.6 Å². The molecule has 0 unspecified atom stereocenters. The van der Waals surface area contributed by atoms with Crippen molar-refractivity contribution in [1.82, 2.24) is 9.21 Å². The van der Waals surface area contributed by atoms with E-state index in [0.717, 1.165) is 10.8 Å². The highest BCUT2D eigenvalue weighted by Crippen LogP contribution is 2.27. The van der Waals surface area contributed by atoms with E-state index in [4.69, 9.17) is 16.3 Å². The molecule has 1 aliphatic rings. The van der Waals surface area contributed by atoms with Crippen molar-refractivity contribution in [3.8, 4) is 5.75 Å². The van der Waals surface area contributed by atoms with Crippen molar-refractivity contribution in [2.75, 3.05) is 45.2 Å². The molecule has 168 valence electrons. The Kier molecular flexibility index (Phi) is 6.55. The largest absolute Gasteiger partial charge is 0.495 e. The van der Waals surface area contributed by atoms with Crippen molar-refractivity contribution in [3.63, 3.8) is 0 Å². The molecule has 1 saturated heterocycles. The van der Waals surface area contributed by atoms with E-state index < -0.39 is 10.0 Å². The Labute approximate surface area is 192 Å². The van der Waals surface area contributed by atoms with Crippen molar-refractivity contribution >= 4 is 44.0 Å². The number of ether oxygens (including phenoxy) is 1. The fourth-order valence-electron chi connectivity index (χ4n) is 3.72. The van der Waals surface area contributed by atoms with Crippen molar-refractivity contribution in [2.24, 2.45) is 0 Å². The number of carbonyl (C=O) groups is 1. The Hall–Kier alpha value is -2.81. The summed E-state index contributed by atoms with van der Waals surface area (Å²) < 4.78 is 32.7. The zero-order chi connectivity index (χ0) is 22.7. The maximum absolute atomic E-state index is 13.1. The number of fused-ring (bicyclic) bond motifs is 1. The standard InChI is InChI=1S/C23H24ClN3O4S/c1-31-22-9-7-19(15-21(22)24)25-16-23(28)26-10-12-27(13-11-26)32(29,30)20-8-6-17-4-2-3-5-18(17)14-20/h2-9,14-15,25H,10-13,16H2,1H3. The van der Waals surface area contributed by atoms with Crippen LogP contribution in [0.25, 0.3) is 10.8 Å². The van der Waals surface area contributed by atoms with Crippen molar-refractivity contribution in [3.05, 3.63) is 65.7 Å². The van der Waals surface area contributed by atoms with Crippen molar-refractivity contribution < 1.29 is 17.9 Å². The molecule has 1 aliphatic heterocycles. The van der Waals surface area contributed by atoms with Gasteiger partial charge in [0.05, 0.1) is 23.6 Å². The number of benzene rings is 3. The summed E-state index contributed by atoms with van der Waals surface area (Å²) in [7, 11) is -2.08. The number of hydrogen-bond acceptors (Lipinski definition) is 5. The van der Waals surface area contributed by atoms with Gasteiger partial charge in [-0.3, -0.25) is 4.79 Å². The van der Waals surface area contributed by atoms with Gasteiger partial charge in [-0.2, -0.15) is 4.31 Å². The third-order valence-corrected chi connectivity index (χ3v) is 7.74. The number of hydrogen-bond donors (Lipinski definition) is 1. The van der Waals surface area contributed by atoms with E-state index >= 15 is 0 Å². The summed E-state index contributed by atoms with van der Waals surface area (Å²) in [6.45, 7) is 1.30. The Morgan fingerprint density at radius 2 is 1.72 bits per heavy atom. The van der Waals surface area contributed by atoms with Crippen LogP contribution in [0.5, 0.6) is 5.75 Å². The predicted octanol–water partition coefficient (Wildman–Crippen LogP) is 3.45. The van der Waals surface area contributed by atoms with Crippen molar-refractivity contribution in [1.29, 1.82) is 0 Å². The SMILES string of the molecule is COc1ccc(NCC(=O)N2CCN(S(=O)(=O)c3ccc4ccccc4c3)CC2)cc1Cl. The summed E-state index contributed by atoms with van der Waals surface area (Å²) in [6.07, 6.45) is 0. The number of nitrogens with zero attached hydrogens (tertiary/aromatic N) is 2. The van der Waals surface area contributed by atoms with Crippen LogP contribution < -0.4 is 10.1 Å². The summed E-state index contributed by atoms with van der Waals surface area (Å²) in [5.41, 5.74) is 0.710. The number of carbonyl (C=O) groups excluding carboxylic acids is 1. The number of amides is 1. The number of anilines is 1. The van der Waals surface area contributed by atoms with Gasteiger partial charge in [0.2, 0.25) is 15.9 Å². The zero-order valence-corrected chi connectivity index (χ0v) is 19.2. The zero-order valence-electron chi connectivity index (χ0n) is 17.6. The molecule has 3 aromatic carbocycles. The highest BCUT2D eigenvalue weighted by atomic mass is 35.5. The lowest BCUT2D eigenvalue weighted by Gasteiger charge is -2.34. The fraction of sp³-hybridized carbons (Fsp3) is 0.261. The van der Waals surface area contributed by atoms with E-state index in [1.165, 1.54) is 11.4 Å². The summed E-state index contributed by atoms with van der Waals surface area (Å²) in [5.74, 6) is 0.465. The number of halogens is 1. The van der Waals surface area contributed by atoms with E-state index in [1.807, 2.05) is 30.3 Å². The second-order valence-electron chi connectivity index (χ2n) is 7.50. The highest BCUT2D eigenvalue weighted by Gasteiger charge is 2.30. The summed E-state index contributed by atoms with van der Waals surface area (Å²) in [5, 5.41) is 5.39. The lowest BCUT2D eigenvalue weighted by atomic mass is 10.1. The summed E-state index contributed by atoms with van der Waals surface area (Å²) in [6, 6.07) is 18.0. The first-order valence-corrected chi connectivity index (χ1v) is 12.0. The molecule has 4 rings (SSSR count). The minimum atomic E-state index is -3.62. The quantitative estimate of drug-likeness (QED) is 0.593. The molecular weight excluding hydrogens is 450 g/mol. The van der Waals surface area contributed by atoms with Crippen LogP contribution in [0.4, 0.5) is 5.69 Å². The first-order valence-electron chi connectivity index (χ1n) is 10.2. The monoisotopic (exact) mass is 473 g/mol. The van der Waals surface area contributed by atoms with Crippen LogP contribution in [-0.2, 0) is 14.8 Å². The van der Waals surface area contributed by atoms with Gasteiger partial charge in [0.1, 0.15) is 5.75 Å². The lowest BCUT2D eigenvalue weighted by molar-refractivity contribution is -0.130. The van der Waals surface area contributed by atoms with E-state index in [-0.39, 0.29) is 30.4 Å². The second-order valence-corrected chi connectivity index (χ2v) is 9.84. The molecule has 1 fully saturated rings. The molecule has 0 aliphatic carbocycles. The predicted molar refractivity (Wildman–Crippen MR) is 126 cm³/mol. The average molecular weight is 474 g/mol. The third kappa shape index (κ3) is 4.67. The maximum atomic E-state index is 13.1. The highest BCUT2D eigenvalue weighted by molar-refractivity contribution is 7.89. The van der Waals surface area contributed by atoms with E-state index in [0.29, 0.717) is 29.5 Å². The molecule has 7 nitrogen and oxygen atoms in total. The van der Waals surface area contributed by atoms with Crippen LogP contribution >= 0.6 is 11.6 Å². The molecule has 32 heavy (non-hydrogen) atoms. The third-order valence-electron chi connectivity index (χ3n) is 5.55. The first-order chi connectivity index (χ1) is 15.4. The molecule has 0 bridgehead atoms. The number of sulfonamides is 1. The van der Waals surface area contributed by atoms with Gasteiger partial charge in [-0.15, -0.1) is 0 Å².